The van der Waals surface area contributed by atoms with Crippen LogP contribution in [0.4, 0.5) is 11.4 Å². The Morgan fingerprint density at radius 1 is 1.00 bits per heavy atom. The van der Waals surface area contributed by atoms with Crippen molar-refractivity contribution >= 4 is 17.3 Å². The average Bonchev–Trinajstić information content (AvgIpc) is 3.11. The zero-order chi connectivity index (χ0) is 16.9. The Morgan fingerprint density at radius 3 is 2.38 bits per heavy atom. The first-order valence-corrected chi connectivity index (χ1v) is 8.83. The fourth-order valence-electron chi connectivity index (χ4n) is 3.17. The molecule has 0 saturated carbocycles. The second-order valence-electron chi connectivity index (χ2n) is 6.71. The van der Waals surface area contributed by atoms with Crippen molar-refractivity contribution in [2.24, 2.45) is 0 Å². The van der Waals surface area contributed by atoms with E-state index in [1.807, 2.05) is 12.1 Å². The predicted octanol–water partition coefficient (Wildman–Crippen LogP) is 4.47. The molecule has 0 aromatic heterocycles. The minimum atomic E-state index is 0.0714. The number of amides is 1. The molecule has 2 aromatic carbocycles. The van der Waals surface area contributed by atoms with E-state index < -0.39 is 0 Å². The molecule has 0 unspecified atom stereocenters. The molecule has 2 aromatic rings. The lowest BCUT2D eigenvalue weighted by atomic mass is 10.0. The molecule has 1 saturated heterocycles. The summed E-state index contributed by atoms with van der Waals surface area (Å²) in [6.07, 6.45) is 3.84. The van der Waals surface area contributed by atoms with Gasteiger partial charge in [0.15, 0.2) is 0 Å². The molecule has 0 atom stereocenters. The molecule has 0 aliphatic carbocycles. The van der Waals surface area contributed by atoms with E-state index in [-0.39, 0.29) is 5.91 Å². The largest absolute Gasteiger partial charge is 0.372 e. The third-order valence-electron chi connectivity index (χ3n) is 4.83. The van der Waals surface area contributed by atoms with Crippen LogP contribution in [0.5, 0.6) is 0 Å². The van der Waals surface area contributed by atoms with Gasteiger partial charge in [-0.2, -0.15) is 0 Å². The van der Waals surface area contributed by atoms with Gasteiger partial charge in [0.25, 0.3) is 0 Å². The monoisotopic (exact) mass is 322 g/mol. The summed E-state index contributed by atoms with van der Waals surface area (Å²) in [5.41, 5.74) is 5.92. The number of rotatable bonds is 5. The van der Waals surface area contributed by atoms with Crippen molar-refractivity contribution in [2.45, 2.75) is 39.5 Å². The summed E-state index contributed by atoms with van der Waals surface area (Å²) in [4.78, 5) is 14.6. The summed E-state index contributed by atoms with van der Waals surface area (Å²) in [5, 5.41) is 3.00. The molecule has 24 heavy (non-hydrogen) atoms. The maximum Gasteiger partial charge on any atom is 0.224 e. The average molecular weight is 322 g/mol. The summed E-state index contributed by atoms with van der Waals surface area (Å²) in [6.45, 7) is 6.50. The number of benzene rings is 2. The number of hydrogen-bond donors (Lipinski definition) is 1. The lowest BCUT2D eigenvalue weighted by Crippen LogP contribution is -2.17. The van der Waals surface area contributed by atoms with E-state index in [0.717, 1.165) is 25.2 Å². The van der Waals surface area contributed by atoms with Crippen molar-refractivity contribution in [2.75, 3.05) is 23.3 Å². The second-order valence-corrected chi connectivity index (χ2v) is 6.71. The summed E-state index contributed by atoms with van der Waals surface area (Å²) in [6, 6.07) is 14.6. The molecule has 1 heterocycles. The molecule has 1 amide bonds. The Hall–Kier alpha value is -2.29. The number of nitrogens with one attached hydrogen (secondary N) is 1. The van der Waals surface area contributed by atoms with E-state index >= 15 is 0 Å². The molecule has 0 bridgehead atoms. The predicted molar refractivity (Wildman–Crippen MR) is 101 cm³/mol. The number of hydrogen-bond acceptors (Lipinski definition) is 2. The van der Waals surface area contributed by atoms with E-state index in [2.05, 4.69) is 54.4 Å². The molecule has 3 heteroatoms. The standard InChI is InChI=1S/C21H26N2O/c1-16-5-6-18(15-17(16)2)7-12-21(24)22-19-8-10-20(11-9-19)23-13-3-4-14-23/h5-6,8-11,15H,3-4,7,12-14H2,1-2H3,(H,22,24). The first-order chi connectivity index (χ1) is 11.6. The molecule has 3 rings (SSSR count). The Kier molecular flexibility index (Phi) is 5.19. The lowest BCUT2D eigenvalue weighted by molar-refractivity contribution is -0.116. The van der Waals surface area contributed by atoms with Gasteiger partial charge in [-0.1, -0.05) is 18.2 Å². The maximum atomic E-state index is 12.2. The Morgan fingerprint density at radius 2 is 1.71 bits per heavy atom. The normalized spacial score (nSPS) is 14.0. The Balaban J connectivity index is 1.51. The highest BCUT2D eigenvalue weighted by Gasteiger charge is 2.12. The van der Waals surface area contributed by atoms with Gasteiger partial charge in [-0.05, 0) is 74.1 Å². The number of carbonyl (C=O) groups is 1. The molecule has 1 fully saturated rings. The molecule has 1 aliphatic rings. The third-order valence-corrected chi connectivity index (χ3v) is 4.83. The van der Waals surface area contributed by atoms with Crippen molar-refractivity contribution < 1.29 is 4.79 Å². The molecule has 0 spiro atoms. The van der Waals surface area contributed by atoms with Crippen LogP contribution in [-0.2, 0) is 11.2 Å². The maximum absolute atomic E-state index is 12.2. The van der Waals surface area contributed by atoms with E-state index in [9.17, 15) is 4.79 Å². The highest BCUT2D eigenvalue weighted by molar-refractivity contribution is 5.91. The van der Waals surface area contributed by atoms with Crippen molar-refractivity contribution in [1.29, 1.82) is 0 Å². The number of anilines is 2. The molecule has 1 N–H and O–H groups in total. The van der Waals surface area contributed by atoms with Crippen LogP contribution in [0.1, 0.15) is 36.0 Å². The van der Waals surface area contributed by atoms with Crippen molar-refractivity contribution in [3.8, 4) is 0 Å². The van der Waals surface area contributed by atoms with Crippen LogP contribution in [0, 0.1) is 13.8 Å². The number of carbonyl (C=O) groups excluding carboxylic acids is 1. The first kappa shape index (κ1) is 16.6. The summed E-state index contributed by atoms with van der Waals surface area (Å²) < 4.78 is 0. The van der Waals surface area contributed by atoms with Gasteiger partial charge in [-0.25, -0.2) is 0 Å². The van der Waals surface area contributed by atoms with E-state index in [0.29, 0.717) is 6.42 Å². The van der Waals surface area contributed by atoms with Gasteiger partial charge in [-0.15, -0.1) is 0 Å². The van der Waals surface area contributed by atoms with Crippen LogP contribution in [0.2, 0.25) is 0 Å². The lowest BCUT2D eigenvalue weighted by Gasteiger charge is -2.17. The minimum absolute atomic E-state index is 0.0714. The van der Waals surface area contributed by atoms with Crippen LogP contribution in [0.25, 0.3) is 0 Å². The van der Waals surface area contributed by atoms with Gasteiger partial charge in [0.1, 0.15) is 0 Å². The smallest absolute Gasteiger partial charge is 0.224 e. The fourth-order valence-corrected chi connectivity index (χ4v) is 3.17. The van der Waals surface area contributed by atoms with Crippen LogP contribution in [-0.4, -0.2) is 19.0 Å². The van der Waals surface area contributed by atoms with Crippen LogP contribution < -0.4 is 10.2 Å². The van der Waals surface area contributed by atoms with Crippen molar-refractivity contribution in [3.05, 3.63) is 59.2 Å². The molecular weight excluding hydrogens is 296 g/mol. The highest BCUT2D eigenvalue weighted by Crippen LogP contribution is 2.22. The molecular formula is C21H26N2O. The topological polar surface area (TPSA) is 32.3 Å². The highest BCUT2D eigenvalue weighted by atomic mass is 16.1. The van der Waals surface area contributed by atoms with Crippen molar-refractivity contribution in [3.63, 3.8) is 0 Å². The van der Waals surface area contributed by atoms with Gasteiger partial charge in [0.2, 0.25) is 5.91 Å². The van der Waals surface area contributed by atoms with E-state index in [1.165, 1.54) is 35.2 Å². The third kappa shape index (κ3) is 4.16. The SMILES string of the molecule is Cc1ccc(CCC(=O)Nc2ccc(N3CCCC3)cc2)cc1C. The van der Waals surface area contributed by atoms with Crippen LogP contribution in [0.15, 0.2) is 42.5 Å². The first-order valence-electron chi connectivity index (χ1n) is 8.83. The summed E-state index contributed by atoms with van der Waals surface area (Å²) >= 11 is 0. The van der Waals surface area contributed by atoms with Crippen LogP contribution in [0.3, 0.4) is 0 Å². The van der Waals surface area contributed by atoms with Gasteiger partial charge >= 0.3 is 0 Å². The van der Waals surface area contributed by atoms with E-state index in [1.54, 1.807) is 0 Å². The summed E-state index contributed by atoms with van der Waals surface area (Å²) in [7, 11) is 0. The molecule has 126 valence electrons. The Bertz CT molecular complexity index is 700. The molecule has 3 nitrogen and oxygen atoms in total. The second kappa shape index (κ2) is 7.52. The number of aryl methyl sites for hydroxylation is 3. The van der Waals surface area contributed by atoms with E-state index in [4.69, 9.17) is 0 Å². The fraction of sp³-hybridized carbons (Fsp3) is 0.381. The van der Waals surface area contributed by atoms with Crippen LogP contribution >= 0.6 is 0 Å². The molecule has 1 aliphatic heterocycles. The number of nitrogens with zero attached hydrogens (tertiary/aromatic N) is 1. The van der Waals surface area contributed by atoms with Crippen molar-refractivity contribution in [1.82, 2.24) is 0 Å². The molecule has 0 radical (unpaired) electrons. The minimum Gasteiger partial charge on any atom is -0.372 e. The van der Waals surface area contributed by atoms with Gasteiger partial charge in [0, 0.05) is 30.9 Å². The zero-order valence-corrected chi connectivity index (χ0v) is 14.6. The van der Waals surface area contributed by atoms with Gasteiger partial charge in [0.05, 0.1) is 0 Å². The van der Waals surface area contributed by atoms with Gasteiger partial charge < -0.3 is 10.2 Å². The zero-order valence-electron chi connectivity index (χ0n) is 14.6. The van der Waals surface area contributed by atoms with Gasteiger partial charge in [-0.3, -0.25) is 4.79 Å². The summed E-state index contributed by atoms with van der Waals surface area (Å²) in [5.74, 6) is 0.0714. The quantitative estimate of drug-likeness (QED) is 0.880. The Labute approximate surface area is 144 Å².